The number of aliphatic hydroxyl groups is 2. The number of carboxylic acids is 1. The quantitative estimate of drug-likeness (QED) is 0.662. The van der Waals surface area contributed by atoms with Gasteiger partial charge < -0.3 is 15.3 Å². The second-order valence-corrected chi connectivity index (χ2v) is 11.3. The zero-order valence-electron chi connectivity index (χ0n) is 18.1. The lowest BCUT2D eigenvalue weighted by molar-refractivity contribution is -0.182. The van der Waals surface area contributed by atoms with E-state index in [-0.39, 0.29) is 58.9 Å². The van der Waals surface area contributed by atoms with Crippen molar-refractivity contribution in [3.63, 3.8) is 0 Å². The molecule has 5 heteroatoms. The summed E-state index contributed by atoms with van der Waals surface area (Å²) in [7, 11) is 0. The number of aliphatic hydroxyl groups excluding tert-OH is 2. The molecule has 0 aromatic carbocycles. The smallest absolute Gasteiger partial charge is 0.303 e. The van der Waals surface area contributed by atoms with Gasteiger partial charge in [-0.1, -0.05) is 20.8 Å². The Bertz CT molecular complexity index is 676. The molecule has 0 saturated heterocycles. The van der Waals surface area contributed by atoms with Crippen molar-refractivity contribution in [3.8, 4) is 0 Å². The normalized spacial score (nSPS) is 50.4. The highest BCUT2D eigenvalue weighted by molar-refractivity contribution is 5.83. The number of carbonyl (C=O) groups is 2. The van der Waals surface area contributed by atoms with Crippen LogP contribution in [0.25, 0.3) is 0 Å². The van der Waals surface area contributed by atoms with E-state index in [1.165, 1.54) is 0 Å². The lowest BCUT2D eigenvalue weighted by atomic mass is 9.43. The number of carbonyl (C=O) groups excluding carboxylic acids is 1. The molecule has 0 aromatic heterocycles. The van der Waals surface area contributed by atoms with Crippen LogP contribution in [0.2, 0.25) is 0 Å². The lowest BCUT2D eigenvalue weighted by Gasteiger charge is -2.61. The molecule has 4 aliphatic rings. The monoisotopic (exact) mass is 406 g/mol. The van der Waals surface area contributed by atoms with Crippen LogP contribution < -0.4 is 0 Å². The van der Waals surface area contributed by atoms with Crippen molar-refractivity contribution < 1.29 is 24.9 Å². The summed E-state index contributed by atoms with van der Waals surface area (Å²) in [5, 5.41) is 30.7. The lowest BCUT2D eigenvalue weighted by Crippen LogP contribution is -2.61. The number of rotatable bonds is 4. The first-order chi connectivity index (χ1) is 13.6. The first-order valence-corrected chi connectivity index (χ1v) is 11.7. The summed E-state index contributed by atoms with van der Waals surface area (Å²) in [6, 6.07) is 0. The van der Waals surface area contributed by atoms with E-state index in [1.807, 2.05) is 0 Å². The fraction of sp³-hybridized carbons (Fsp3) is 0.917. The Balaban J connectivity index is 1.62. The molecule has 0 bridgehead atoms. The molecule has 4 aliphatic carbocycles. The second kappa shape index (κ2) is 7.33. The first-order valence-electron chi connectivity index (χ1n) is 11.7. The summed E-state index contributed by atoms with van der Waals surface area (Å²) in [5.74, 6) is 0.775. The molecule has 4 rings (SSSR count). The van der Waals surface area contributed by atoms with Crippen LogP contribution in [-0.2, 0) is 9.59 Å². The van der Waals surface area contributed by atoms with Gasteiger partial charge in [0.2, 0.25) is 0 Å². The van der Waals surface area contributed by atoms with E-state index in [9.17, 15) is 19.8 Å². The van der Waals surface area contributed by atoms with Gasteiger partial charge in [-0.15, -0.1) is 0 Å². The van der Waals surface area contributed by atoms with Crippen LogP contribution in [0.3, 0.4) is 0 Å². The highest BCUT2D eigenvalue weighted by Crippen LogP contribution is 2.67. The highest BCUT2D eigenvalue weighted by atomic mass is 16.4. The van der Waals surface area contributed by atoms with Gasteiger partial charge in [-0.2, -0.15) is 0 Å². The molecule has 3 N–H and O–H groups in total. The van der Waals surface area contributed by atoms with Gasteiger partial charge >= 0.3 is 5.97 Å². The molecule has 8 unspecified atom stereocenters. The van der Waals surface area contributed by atoms with Gasteiger partial charge in [-0.3, -0.25) is 9.59 Å². The maximum atomic E-state index is 13.4. The SMILES string of the molecule is CC(CCC(=O)O)C1CCC2C3C(=O)CC4CC(O)CC[C@]4(C)C3CC(O)[C@]12C. The third-order valence-electron chi connectivity index (χ3n) is 10.1. The molecule has 29 heavy (non-hydrogen) atoms. The summed E-state index contributed by atoms with van der Waals surface area (Å²) >= 11 is 0. The Hall–Kier alpha value is -0.940. The summed E-state index contributed by atoms with van der Waals surface area (Å²) < 4.78 is 0. The Labute approximate surface area is 174 Å². The third kappa shape index (κ3) is 3.18. The van der Waals surface area contributed by atoms with Crippen LogP contribution >= 0.6 is 0 Å². The van der Waals surface area contributed by atoms with Crippen molar-refractivity contribution in [2.75, 3.05) is 0 Å². The Morgan fingerprint density at radius 2 is 1.86 bits per heavy atom. The number of fused-ring (bicyclic) bond motifs is 5. The molecule has 0 amide bonds. The number of aliphatic carboxylic acids is 1. The standard InChI is InChI=1S/C24H38O5/c1-13(4-7-21(28)29)16-5-6-17-22-18(12-20(27)24(16,17)3)23(2)9-8-15(25)10-14(23)11-19(22)26/h13-18,20,22,25,27H,4-12H2,1-3H3,(H,28,29)/t13?,14?,15?,16?,17?,18?,20?,22?,23-,24+/m0/s1. The Morgan fingerprint density at radius 3 is 2.55 bits per heavy atom. The van der Waals surface area contributed by atoms with Gasteiger partial charge in [0, 0.05) is 24.2 Å². The van der Waals surface area contributed by atoms with Gasteiger partial charge in [0.1, 0.15) is 5.78 Å². The number of Topliss-reactive ketones (excluding diaryl/α,β-unsaturated/α-hetero) is 1. The minimum Gasteiger partial charge on any atom is -0.481 e. The average Bonchev–Trinajstić information content (AvgIpc) is 3.01. The summed E-state index contributed by atoms with van der Waals surface area (Å²) in [6.45, 7) is 6.62. The molecule has 0 aliphatic heterocycles. The van der Waals surface area contributed by atoms with E-state index in [2.05, 4.69) is 20.8 Å². The first kappa shape index (κ1) is 21.3. The van der Waals surface area contributed by atoms with Crippen LogP contribution in [0.1, 0.15) is 78.6 Å². The Kier molecular flexibility index (Phi) is 5.39. The van der Waals surface area contributed by atoms with Crippen LogP contribution in [-0.4, -0.2) is 39.3 Å². The van der Waals surface area contributed by atoms with Gasteiger partial charge in [-0.05, 0) is 80.0 Å². The molecular formula is C24H38O5. The van der Waals surface area contributed by atoms with Crippen LogP contribution in [0.15, 0.2) is 0 Å². The number of hydrogen-bond acceptors (Lipinski definition) is 4. The van der Waals surface area contributed by atoms with Crippen molar-refractivity contribution in [1.82, 2.24) is 0 Å². The molecule has 0 spiro atoms. The van der Waals surface area contributed by atoms with Crippen LogP contribution in [0.5, 0.6) is 0 Å². The molecule has 0 aromatic rings. The molecule has 4 fully saturated rings. The predicted molar refractivity (Wildman–Crippen MR) is 109 cm³/mol. The maximum absolute atomic E-state index is 13.4. The average molecular weight is 407 g/mol. The number of carboxylic acid groups (broad SMARTS) is 1. The second-order valence-electron chi connectivity index (χ2n) is 11.3. The summed E-state index contributed by atoms with van der Waals surface area (Å²) in [4.78, 5) is 24.4. The third-order valence-corrected chi connectivity index (χ3v) is 10.1. The van der Waals surface area contributed by atoms with Crippen LogP contribution in [0.4, 0.5) is 0 Å². The Morgan fingerprint density at radius 1 is 1.14 bits per heavy atom. The molecule has 164 valence electrons. The van der Waals surface area contributed by atoms with Gasteiger partial charge in [0.05, 0.1) is 12.2 Å². The largest absolute Gasteiger partial charge is 0.481 e. The molecule has 0 radical (unpaired) electrons. The highest BCUT2D eigenvalue weighted by Gasteiger charge is 2.65. The molecular weight excluding hydrogens is 368 g/mol. The van der Waals surface area contributed by atoms with Crippen molar-refractivity contribution in [2.24, 2.45) is 46.3 Å². The van der Waals surface area contributed by atoms with Crippen molar-refractivity contribution >= 4 is 11.8 Å². The molecule has 4 saturated carbocycles. The van der Waals surface area contributed by atoms with Crippen molar-refractivity contribution in [2.45, 2.75) is 90.8 Å². The molecule has 5 nitrogen and oxygen atoms in total. The van der Waals surface area contributed by atoms with E-state index in [1.54, 1.807) is 0 Å². The van der Waals surface area contributed by atoms with Gasteiger partial charge in [0.25, 0.3) is 0 Å². The number of hydrogen-bond donors (Lipinski definition) is 3. The van der Waals surface area contributed by atoms with Crippen molar-refractivity contribution in [1.29, 1.82) is 0 Å². The topological polar surface area (TPSA) is 94.8 Å². The molecule has 0 heterocycles. The fourth-order valence-corrected chi connectivity index (χ4v) is 8.40. The van der Waals surface area contributed by atoms with E-state index in [0.717, 1.165) is 32.1 Å². The van der Waals surface area contributed by atoms with Gasteiger partial charge in [-0.25, -0.2) is 0 Å². The molecule has 10 atom stereocenters. The zero-order valence-corrected chi connectivity index (χ0v) is 18.1. The number of ketones is 1. The fourth-order valence-electron chi connectivity index (χ4n) is 8.40. The summed E-state index contributed by atoms with van der Waals surface area (Å²) in [6.07, 6.45) is 5.74. The zero-order chi connectivity index (χ0) is 21.1. The van der Waals surface area contributed by atoms with Crippen molar-refractivity contribution in [3.05, 3.63) is 0 Å². The predicted octanol–water partition coefficient (Wildman–Crippen LogP) is 3.66. The maximum Gasteiger partial charge on any atom is 0.303 e. The van der Waals surface area contributed by atoms with E-state index < -0.39 is 12.1 Å². The van der Waals surface area contributed by atoms with E-state index in [0.29, 0.717) is 25.0 Å². The van der Waals surface area contributed by atoms with E-state index >= 15 is 0 Å². The minimum atomic E-state index is -0.762. The van der Waals surface area contributed by atoms with Gasteiger partial charge in [0.15, 0.2) is 0 Å². The van der Waals surface area contributed by atoms with Crippen LogP contribution in [0, 0.1) is 46.3 Å². The minimum absolute atomic E-state index is 0.0246. The summed E-state index contributed by atoms with van der Waals surface area (Å²) in [5.41, 5.74) is -0.265. The van der Waals surface area contributed by atoms with E-state index in [4.69, 9.17) is 5.11 Å².